The number of carbonyl (C=O) groups excluding carboxylic acids is 1. The molecule has 0 radical (unpaired) electrons. The normalized spacial score (nSPS) is 24.9. The molecule has 4 heteroatoms. The van der Waals surface area contributed by atoms with E-state index in [1.54, 1.807) is 0 Å². The number of rotatable bonds is 4. The monoisotopic (exact) mass is 199 g/mol. The molecular weight excluding hydrogens is 178 g/mol. The van der Waals surface area contributed by atoms with Gasteiger partial charge in [0.05, 0.1) is 6.04 Å². The molecule has 1 rings (SSSR count). The highest BCUT2D eigenvalue weighted by Gasteiger charge is 2.20. The minimum absolute atomic E-state index is 0.0120. The van der Waals surface area contributed by atoms with Crippen LogP contribution in [0.5, 0.6) is 0 Å². The second-order valence-electron chi connectivity index (χ2n) is 4.18. The van der Waals surface area contributed by atoms with E-state index in [0.29, 0.717) is 12.3 Å². The summed E-state index contributed by atoms with van der Waals surface area (Å²) in [6.07, 6.45) is 1.88. The topological polar surface area (TPSA) is 58.4 Å². The van der Waals surface area contributed by atoms with Gasteiger partial charge < -0.3 is 16.0 Å². The molecule has 3 N–H and O–H groups in total. The van der Waals surface area contributed by atoms with Crippen molar-refractivity contribution in [2.45, 2.75) is 25.8 Å². The summed E-state index contributed by atoms with van der Waals surface area (Å²) in [4.78, 5) is 13.7. The number of carbonyl (C=O) groups is 1. The molecule has 1 saturated heterocycles. The number of likely N-dealkylation sites (tertiary alicyclic amines) is 1. The molecule has 1 heterocycles. The lowest BCUT2D eigenvalue weighted by molar-refractivity contribution is -0.122. The molecule has 1 aliphatic heterocycles. The van der Waals surface area contributed by atoms with E-state index in [0.717, 1.165) is 19.6 Å². The van der Waals surface area contributed by atoms with Gasteiger partial charge in [0.25, 0.3) is 0 Å². The van der Waals surface area contributed by atoms with Crippen LogP contribution >= 0.6 is 0 Å². The maximum Gasteiger partial charge on any atom is 0.236 e. The van der Waals surface area contributed by atoms with E-state index in [-0.39, 0.29) is 11.9 Å². The Labute approximate surface area is 85.8 Å². The first-order chi connectivity index (χ1) is 6.63. The van der Waals surface area contributed by atoms with Gasteiger partial charge in [0.1, 0.15) is 0 Å². The molecule has 0 aromatic heterocycles. The van der Waals surface area contributed by atoms with Crippen molar-refractivity contribution in [2.24, 2.45) is 11.7 Å². The molecule has 82 valence electrons. The van der Waals surface area contributed by atoms with Crippen LogP contribution in [-0.2, 0) is 4.79 Å². The summed E-state index contributed by atoms with van der Waals surface area (Å²) in [5.41, 5.74) is 5.61. The molecule has 0 aromatic carbocycles. The van der Waals surface area contributed by atoms with Crippen molar-refractivity contribution in [1.82, 2.24) is 10.2 Å². The fourth-order valence-electron chi connectivity index (χ4n) is 1.75. The Balaban J connectivity index is 2.17. The Morgan fingerprint density at radius 3 is 2.93 bits per heavy atom. The highest BCUT2D eigenvalue weighted by atomic mass is 16.2. The van der Waals surface area contributed by atoms with E-state index in [4.69, 9.17) is 5.73 Å². The van der Waals surface area contributed by atoms with Crippen LogP contribution in [0.1, 0.15) is 19.8 Å². The Morgan fingerprint density at radius 2 is 2.43 bits per heavy atom. The van der Waals surface area contributed by atoms with Crippen LogP contribution in [0.4, 0.5) is 0 Å². The quantitative estimate of drug-likeness (QED) is 0.659. The first-order valence-corrected chi connectivity index (χ1v) is 5.35. The maximum atomic E-state index is 11.4. The fraction of sp³-hybridized carbons (Fsp3) is 0.900. The van der Waals surface area contributed by atoms with E-state index in [1.165, 1.54) is 6.42 Å². The van der Waals surface area contributed by atoms with Crippen molar-refractivity contribution < 1.29 is 4.79 Å². The third-order valence-electron chi connectivity index (χ3n) is 2.83. The number of nitrogens with two attached hydrogens (primary N) is 1. The van der Waals surface area contributed by atoms with E-state index in [2.05, 4.69) is 17.3 Å². The lowest BCUT2D eigenvalue weighted by Gasteiger charge is -2.14. The van der Waals surface area contributed by atoms with E-state index < -0.39 is 0 Å². The Kier molecular flexibility index (Phi) is 4.35. The van der Waals surface area contributed by atoms with E-state index in [1.807, 2.05) is 6.92 Å². The van der Waals surface area contributed by atoms with Gasteiger partial charge in [0, 0.05) is 13.1 Å². The summed E-state index contributed by atoms with van der Waals surface area (Å²) in [5.74, 6) is 0.593. The molecule has 1 fully saturated rings. The number of amides is 1. The molecule has 1 amide bonds. The first-order valence-electron chi connectivity index (χ1n) is 5.35. The molecule has 1 aliphatic rings. The maximum absolute atomic E-state index is 11.4. The van der Waals surface area contributed by atoms with Crippen LogP contribution in [0.2, 0.25) is 0 Å². The lowest BCUT2D eigenvalue weighted by atomic mass is 10.1. The largest absolute Gasteiger partial charge is 0.354 e. The molecule has 4 nitrogen and oxygen atoms in total. The molecule has 0 saturated carbocycles. The van der Waals surface area contributed by atoms with Crippen molar-refractivity contribution in [2.75, 3.05) is 26.7 Å². The minimum Gasteiger partial charge on any atom is -0.354 e. The second-order valence-corrected chi connectivity index (χ2v) is 4.18. The molecule has 0 spiro atoms. The first kappa shape index (κ1) is 11.5. The average molecular weight is 199 g/mol. The molecule has 14 heavy (non-hydrogen) atoms. The van der Waals surface area contributed by atoms with Crippen molar-refractivity contribution in [1.29, 1.82) is 0 Å². The van der Waals surface area contributed by atoms with Crippen molar-refractivity contribution in [3.8, 4) is 0 Å². The van der Waals surface area contributed by atoms with Gasteiger partial charge >= 0.3 is 0 Å². The fourth-order valence-corrected chi connectivity index (χ4v) is 1.75. The zero-order valence-electron chi connectivity index (χ0n) is 9.12. The standard InChI is InChI=1S/C10H21N3O/c1-3-9(11)10(14)12-6-8-4-5-13(2)7-8/h8-9H,3-7,11H2,1-2H3,(H,12,14). The van der Waals surface area contributed by atoms with Gasteiger partial charge in [-0.05, 0) is 32.4 Å². The predicted octanol–water partition coefficient (Wildman–Crippen LogP) is -0.208. The summed E-state index contributed by atoms with van der Waals surface area (Å²) in [6, 6.07) is -0.339. The minimum atomic E-state index is -0.339. The van der Waals surface area contributed by atoms with Crippen LogP contribution < -0.4 is 11.1 Å². The van der Waals surface area contributed by atoms with Gasteiger partial charge in [-0.25, -0.2) is 0 Å². The summed E-state index contributed by atoms with van der Waals surface area (Å²) in [6.45, 7) is 4.92. The van der Waals surface area contributed by atoms with E-state index in [9.17, 15) is 4.79 Å². The van der Waals surface area contributed by atoms with Gasteiger partial charge in [-0.2, -0.15) is 0 Å². The third-order valence-corrected chi connectivity index (χ3v) is 2.83. The third kappa shape index (κ3) is 3.27. The Morgan fingerprint density at radius 1 is 1.71 bits per heavy atom. The zero-order valence-corrected chi connectivity index (χ0v) is 9.12. The SMILES string of the molecule is CCC(N)C(=O)NCC1CCN(C)C1. The number of nitrogens with one attached hydrogen (secondary N) is 1. The Bertz CT molecular complexity index is 196. The molecule has 2 unspecified atom stereocenters. The summed E-state index contributed by atoms with van der Waals surface area (Å²) in [7, 11) is 2.11. The summed E-state index contributed by atoms with van der Waals surface area (Å²) < 4.78 is 0. The predicted molar refractivity (Wildman–Crippen MR) is 56.9 cm³/mol. The van der Waals surface area contributed by atoms with Gasteiger partial charge in [0.2, 0.25) is 5.91 Å². The van der Waals surface area contributed by atoms with Crippen LogP contribution in [0, 0.1) is 5.92 Å². The van der Waals surface area contributed by atoms with Gasteiger partial charge in [-0.15, -0.1) is 0 Å². The van der Waals surface area contributed by atoms with Gasteiger partial charge in [-0.1, -0.05) is 6.92 Å². The van der Waals surface area contributed by atoms with Gasteiger partial charge in [0.15, 0.2) is 0 Å². The van der Waals surface area contributed by atoms with Crippen molar-refractivity contribution in [3.63, 3.8) is 0 Å². The molecule has 2 atom stereocenters. The smallest absolute Gasteiger partial charge is 0.236 e. The van der Waals surface area contributed by atoms with Crippen LogP contribution in [0.25, 0.3) is 0 Å². The van der Waals surface area contributed by atoms with Crippen molar-refractivity contribution >= 4 is 5.91 Å². The highest BCUT2D eigenvalue weighted by Crippen LogP contribution is 2.12. The Hall–Kier alpha value is -0.610. The summed E-state index contributed by atoms with van der Waals surface area (Å²) >= 11 is 0. The molecule has 0 aromatic rings. The summed E-state index contributed by atoms with van der Waals surface area (Å²) in [5, 5.41) is 2.91. The van der Waals surface area contributed by atoms with Crippen LogP contribution in [0.3, 0.4) is 0 Å². The van der Waals surface area contributed by atoms with E-state index >= 15 is 0 Å². The van der Waals surface area contributed by atoms with Gasteiger partial charge in [-0.3, -0.25) is 4.79 Å². The van der Waals surface area contributed by atoms with Crippen LogP contribution in [0.15, 0.2) is 0 Å². The number of hydrogen-bond acceptors (Lipinski definition) is 3. The molecular formula is C10H21N3O. The van der Waals surface area contributed by atoms with Crippen molar-refractivity contribution in [3.05, 3.63) is 0 Å². The second kappa shape index (κ2) is 5.32. The zero-order chi connectivity index (χ0) is 10.6. The average Bonchev–Trinajstić information content (AvgIpc) is 2.59. The lowest BCUT2D eigenvalue weighted by Crippen LogP contribution is -2.42. The number of hydrogen-bond donors (Lipinski definition) is 2. The van der Waals surface area contributed by atoms with Crippen LogP contribution in [-0.4, -0.2) is 43.5 Å². The highest BCUT2D eigenvalue weighted by molar-refractivity contribution is 5.81. The molecule has 0 bridgehead atoms. The molecule has 0 aliphatic carbocycles. The number of nitrogens with zero attached hydrogens (tertiary/aromatic N) is 1.